The summed E-state index contributed by atoms with van der Waals surface area (Å²) < 4.78 is 13.5. The van der Waals surface area contributed by atoms with Gasteiger partial charge in [0.1, 0.15) is 5.75 Å². The summed E-state index contributed by atoms with van der Waals surface area (Å²) in [5.41, 5.74) is 1.55. The number of ether oxygens (including phenoxy) is 2. The van der Waals surface area contributed by atoms with Gasteiger partial charge in [0.15, 0.2) is 4.80 Å². The molecule has 0 radical (unpaired) electrons. The van der Waals surface area contributed by atoms with E-state index in [4.69, 9.17) is 9.47 Å². The number of carbonyl (C=O) groups is 1. The third kappa shape index (κ3) is 4.34. The number of rotatable bonds is 6. The van der Waals surface area contributed by atoms with Crippen molar-refractivity contribution in [1.82, 2.24) is 4.57 Å². The summed E-state index contributed by atoms with van der Waals surface area (Å²) in [6.45, 7) is 7.66. The summed E-state index contributed by atoms with van der Waals surface area (Å²) >= 11 is 4.90. The molecule has 0 saturated carbocycles. The lowest BCUT2D eigenvalue weighted by atomic mass is 10.2. The highest BCUT2D eigenvalue weighted by Gasteiger charge is 2.14. The summed E-state index contributed by atoms with van der Waals surface area (Å²) in [5.74, 6) is 0.232. The molecule has 2 aromatic rings. The predicted octanol–water partition coefficient (Wildman–Crippen LogP) is 3.72. The molecular formula is C17H21BrN2O3S. The van der Waals surface area contributed by atoms with Gasteiger partial charge in [-0.2, -0.15) is 4.99 Å². The quantitative estimate of drug-likeness (QED) is 0.726. The number of benzene rings is 1. The van der Waals surface area contributed by atoms with Gasteiger partial charge in [-0.15, -0.1) is 11.3 Å². The van der Waals surface area contributed by atoms with Gasteiger partial charge >= 0.3 is 0 Å². The van der Waals surface area contributed by atoms with Crippen LogP contribution < -0.4 is 9.54 Å². The summed E-state index contributed by atoms with van der Waals surface area (Å²) in [6.07, 6.45) is 0. The van der Waals surface area contributed by atoms with Crippen molar-refractivity contribution in [3.05, 3.63) is 43.6 Å². The average Bonchev–Trinajstić information content (AvgIpc) is 2.81. The molecule has 1 heterocycles. The minimum atomic E-state index is -0.313. The number of hydrogen-bond acceptors (Lipinski definition) is 4. The number of amides is 1. The smallest absolute Gasteiger partial charge is 0.283 e. The van der Waals surface area contributed by atoms with Crippen molar-refractivity contribution in [2.75, 3.05) is 20.3 Å². The van der Waals surface area contributed by atoms with Gasteiger partial charge in [-0.3, -0.25) is 4.79 Å². The molecule has 0 atom stereocenters. The lowest BCUT2D eigenvalue weighted by Crippen LogP contribution is -2.20. The fourth-order valence-corrected chi connectivity index (χ4v) is 3.59. The van der Waals surface area contributed by atoms with Crippen LogP contribution in [0.4, 0.5) is 0 Å². The predicted molar refractivity (Wildman–Crippen MR) is 98.9 cm³/mol. The Kier molecular flexibility index (Phi) is 6.77. The molecule has 0 N–H and O–H groups in total. The highest BCUT2D eigenvalue weighted by Crippen LogP contribution is 2.24. The van der Waals surface area contributed by atoms with Crippen LogP contribution in [0.25, 0.3) is 0 Å². The van der Waals surface area contributed by atoms with E-state index in [1.165, 1.54) is 11.3 Å². The van der Waals surface area contributed by atoms with Crippen LogP contribution in [0.5, 0.6) is 5.75 Å². The van der Waals surface area contributed by atoms with Crippen molar-refractivity contribution >= 4 is 33.2 Å². The Bertz CT molecular complexity index is 796. The molecule has 0 aliphatic heterocycles. The second-order valence-electron chi connectivity index (χ2n) is 5.16. The van der Waals surface area contributed by atoms with Crippen molar-refractivity contribution in [3.8, 4) is 5.75 Å². The molecule has 5 nitrogen and oxygen atoms in total. The van der Waals surface area contributed by atoms with E-state index in [9.17, 15) is 4.79 Å². The Morgan fingerprint density at radius 1 is 1.38 bits per heavy atom. The number of halogens is 1. The lowest BCUT2D eigenvalue weighted by Gasteiger charge is -2.08. The van der Waals surface area contributed by atoms with Crippen LogP contribution >= 0.6 is 27.3 Å². The Hall–Kier alpha value is -1.44. The van der Waals surface area contributed by atoms with Crippen molar-refractivity contribution in [2.45, 2.75) is 27.3 Å². The van der Waals surface area contributed by atoms with Gasteiger partial charge in [-0.05, 0) is 39.0 Å². The highest BCUT2D eigenvalue weighted by atomic mass is 79.9. The summed E-state index contributed by atoms with van der Waals surface area (Å²) in [6, 6.07) is 5.36. The highest BCUT2D eigenvalue weighted by molar-refractivity contribution is 9.10. The van der Waals surface area contributed by atoms with Gasteiger partial charge < -0.3 is 14.0 Å². The van der Waals surface area contributed by atoms with Gasteiger partial charge in [-0.1, -0.05) is 15.9 Å². The average molecular weight is 413 g/mol. The third-order valence-electron chi connectivity index (χ3n) is 3.58. The molecular weight excluding hydrogens is 392 g/mol. The molecule has 0 spiro atoms. The van der Waals surface area contributed by atoms with Crippen molar-refractivity contribution < 1.29 is 14.3 Å². The number of methoxy groups -OCH3 is 1. The fourth-order valence-electron chi connectivity index (χ4n) is 2.23. The van der Waals surface area contributed by atoms with Crippen LogP contribution in [0.3, 0.4) is 0 Å². The zero-order valence-corrected chi connectivity index (χ0v) is 16.7. The topological polar surface area (TPSA) is 52.8 Å². The molecule has 0 aliphatic carbocycles. The van der Waals surface area contributed by atoms with Crippen LogP contribution in [0.2, 0.25) is 0 Å². The Morgan fingerprint density at radius 2 is 2.12 bits per heavy atom. The molecule has 0 unspecified atom stereocenters. The molecule has 1 aromatic heterocycles. The van der Waals surface area contributed by atoms with E-state index in [2.05, 4.69) is 20.9 Å². The minimum Gasteiger partial charge on any atom is -0.493 e. The normalized spacial score (nSPS) is 11.8. The molecule has 7 heteroatoms. The van der Waals surface area contributed by atoms with E-state index in [0.29, 0.717) is 35.9 Å². The van der Waals surface area contributed by atoms with E-state index in [0.717, 1.165) is 15.0 Å². The van der Waals surface area contributed by atoms with Crippen LogP contribution in [0, 0.1) is 13.8 Å². The largest absolute Gasteiger partial charge is 0.493 e. The van der Waals surface area contributed by atoms with E-state index < -0.39 is 0 Å². The van der Waals surface area contributed by atoms with Crippen LogP contribution in [-0.2, 0) is 11.3 Å². The number of thiazole rings is 1. The number of nitrogens with zero attached hydrogens (tertiary/aromatic N) is 2. The maximum absolute atomic E-state index is 12.7. The number of aromatic nitrogens is 1. The Morgan fingerprint density at radius 3 is 2.79 bits per heavy atom. The number of carbonyl (C=O) groups excluding carboxylic acids is 1. The third-order valence-corrected chi connectivity index (χ3v) is 5.17. The first-order chi connectivity index (χ1) is 11.5. The van der Waals surface area contributed by atoms with Gasteiger partial charge in [0, 0.05) is 28.7 Å². The minimum absolute atomic E-state index is 0.313. The van der Waals surface area contributed by atoms with Crippen molar-refractivity contribution in [3.63, 3.8) is 0 Å². The molecule has 0 fully saturated rings. The second-order valence-corrected chi connectivity index (χ2v) is 7.26. The molecule has 2 rings (SSSR count). The monoisotopic (exact) mass is 412 g/mol. The molecule has 130 valence electrons. The molecule has 0 aliphatic rings. The number of hydrogen-bond donors (Lipinski definition) is 0. The molecule has 24 heavy (non-hydrogen) atoms. The van der Waals surface area contributed by atoms with Gasteiger partial charge in [0.05, 0.1) is 18.8 Å². The van der Waals surface area contributed by atoms with Crippen LogP contribution in [-0.4, -0.2) is 30.8 Å². The summed E-state index contributed by atoms with van der Waals surface area (Å²) in [5, 5.41) is 0. The van der Waals surface area contributed by atoms with Crippen LogP contribution in [0.15, 0.2) is 27.7 Å². The van der Waals surface area contributed by atoms with Gasteiger partial charge in [0.25, 0.3) is 5.91 Å². The standard InChI is InChI=1S/C17H21BrN2O3S/c1-5-23-15-7-6-13(18)10-14(15)16(21)19-17-20(8-9-22-4)11(2)12(3)24-17/h6-7,10H,5,8-9H2,1-4H3/b19-17-. The SMILES string of the molecule is CCOc1ccc(Br)cc1C(=O)/N=c1\sc(C)c(C)n1CCOC. The van der Waals surface area contributed by atoms with Crippen LogP contribution in [0.1, 0.15) is 27.9 Å². The van der Waals surface area contributed by atoms with E-state index in [-0.39, 0.29) is 5.91 Å². The molecule has 1 amide bonds. The summed E-state index contributed by atoms with van der Waals surface area (Å²) in [7, 11) is 1.66. The van der Waals surface area contributed by atoms with Crippen molar-refractivity contribution in [2.24, 2.45) is 4.99 Å². The van der Waals surface area contributed by atoms with Gasteiger partial charge in [0.2, 0.25) is 0 Å². The summed E-state index contributed by atoms with van der Waals surface area (Å²) in [4.78, 5) is 18.8. The first kappa shape index (κ1) is 18.9. The maximum Gasteiger partial charge on any atom is 0.283 e. The van der Waals surface area contributed by atoms with E-state index >= 15 is 0 Å². The van der Waals surface area contributed by atoms with Gasteiger partial charge in [-0.25, -0.2) is 0 Å². The first-order valence-corrected chi connectivity index (χ1v) is 9.26. The Balaban J connectivity index is 2.47. The second kappa shape index (κ2) is 8.60. The zero-order valence-electron chi connectivity index (χ0n) is 14.3. The molecule has 1 aromatic carbocycles. The zero-order chi connectivity index (χ0) is 17.7. The maximum atomic E-state index is 12.7. The first-order valence-electron chi connectivity index (χ1n) is 7.65. The molecule has 0 saturated heterocycles. The lowest BCUT2D eigenvalue weighted by molar-refractivity contribution is 0.0993. The fraction of sp³-hybridized carbons (Fsp3) is 0.412. The van der Waals surface area contributed by atoms with Crippen molar-refractivity contribution in [1.29, 1.82) is 0 Å². The molecule has 0 bridgehead atoms. The number of aryl methyl sites for hydroxylation is 1. The Labute approximate surface area is 154 Å². The van der Waals surface area contributed by atoms with E-state index in [1.807, 2.05) is 31.4 Å². The van der Waals surface area contributed by atoms with E-state index in [1.54, 1.807) is 19.2 Å².